The van der Waals surface area contributed by atoms with Crippen LogP contribution in [0.3, 0.4) is 0 Å². The van der Waals surface area contributed by atoms with Crippen molar-refractivity contribution in [3.8, 4) is 5.75 Å². The number of rotatable bonds is 6. The number of pyridine rings is 1. The van der Waals surface area contributed by atoms with Gasteiger partial charge >= 0.3 is 0 Å². The molecule has 166 valence electrons. The maximum atomic E-state index is 13.6. The van der Waals surface area contributed by atoms with Gasteiger partial charge in [0, 0.05) is 63.7 Å². The van der Waals surface area contributed by atoms with E-state index in [1.165, 1.54) is 6.07 Å². The SMILES string of the molecule is COCCOc1cc(=O)n2c(c1C(=O)N1CCN(c3ccccc3)CC1)CCOCC2. The van der Waals surface area contributed by atoms with Crippen LogP contribution in [0.15, 0.2) is 41.2 Å². The van der Waals surface area contributed by atoms with Crippen LogP contribution in [0, 0.1) is 0 Å². The first kappa shape index (κ1) is 21.4. The van der Waals surface area contributed by atoms with Gasteiger partial charge in [0.25, 0.3) is 11.5 Å². The number of aromatic nitrogens is 1. The molecule has 2 aliphatic rings. The first-order valence-electron chi connectivity index (χ1n) is 10.7. The number of methoxy groups -OCH3 is 1. The molecule has 31 heavy (non-hydrogen) atoms. The fourth-order valence-corrected chi connectivity index (χ4v) is 4.15. The minimum atomic E-state index is -0.168. The van der Waals surface area contributed by atoms with Crippen LogP contribution in [0.2, 0.25) is 0 Å². The molecular formula is C23H29N3O5. The van der Waals surface area contributed by atoms with E-state index in [0.717, 1.165) is 18.8 Å². The van der Waals surface area contributed by atoms with Crippen molar-refractivity contribution in [2.24, 2.45) is 0 Å². The maximum absolute atomic E-state index is 13.6. The highest BCUT2D eigenvalue weighted by Crippen LogP contribution is 2.26. The highest BCUT2D eigenvalue weighted by atomic mass is 16.5. The summed E-state index contributed by atoms with van der Waals surface area (Å²) in [6.45, 7) is 4.77. The fraction of sp³-hybridized carbons (Fsp3) is 0.478. The number of hydrogen-bond acceptors (Lipinski definition) is 6. The Balaban J connectivity index is 1.59. The highest BCUT2D eigenvalue weighted by Gasteiger charge is 2.29. The van der Waals surface area contributed by atoms with Crippen molar-refractivity contribution in [1.82, 2.24) is 9.47 Å². The van der Waals surface area contributed by atoms with Crippen molar-refractivity contribution in [2.45, 2.75) is 13.0 Å². The Morgan fingerprint density at radius 3 is 2.55 bits per heavy atom. The number of carbonyl (C=O) groups is 1. The lowest BCUT2D eigenvalue weighted by atomic mass is 10.1. The summed E-state index contributed by atoms with van der Waals surface area (Å²) < 4.78 is 18.1. The van der Waals surface area contributed by atoms with Crippen molar-refractivity contribution >= 4 is 11.6 Å². The zero-order valence-electron chi connectivity index (χ0n) is 17.9. The third-order valence-corrected chi connectivity index (χ3v) is 5.77. The van der Waals surface area contributed by atoms with Crippen LogP contribution in [0.4, 0.5) is 5.69 Å². The van der Waals surface area contributed by atoms with E-state index in [0.29, 0.717) is 62.9 Å². The monoisotopic (exact) mass is 427 g/mol. The molecule has 1 aromatic heterocycles. The van der Waals surface area contributed by atoms with Gasteiger partial charge in [0.1, 0.15) is 17.9 Å². The Morgan fingerprint density at radius 2 is 1.81 bits per heavy atom. The first-order chi connectivity index (χ1) is 15.2. The number of ether oxygens (including phenoxy) is 3. The summed E-state index contributed by atoms with van der Waals surface area (Å²) in [6.07, 6.45) is 0.502. The van der Waals surface area contributed by atoms with E-state index in [2.05, 4.69) is 17.0 Å². The minimum absolute atomic E-state index is 0.0919. The molecule has 8 heteroatoms. The lowest BCUT2D eigenvalue weighted by molar-refractivity contribution is 0.0736. The quantitative estimate of drug-likeness (QED) is 0.649. The van der Waals surface area contributed by atoms with Crippen LogP contribution in [-0.4, -0.2) is 75.1 Å². The van der Waals surface area contributed by atoms with Gasteiger partial charge in [-0.15, -0.1) is 0 Å². The molecule has 0 unspecified atom stereocenters. The molecule has 4 rings (SSSR count). The van der Waals surface area contributed by atoms with Gasteiger partial charge in [0.15, 0.2) is 0 Å². The van der Waals surface area contributed by atoms with E-state index in [9.17, 15) is 9.59 Å². The van der Waals surface area contributed by atoms with Gasteiger partial charge in [0.2, 0.25) is 0 Å². The number of carbonyl (C=O) groups excluding carboxylic acids is 1. The summed E-state index contributed by atoms with van der Waals surface area (Å²) >= 11 is 0. The Morgan fingerprint density at radius 1 is 1.03 bits per heavy atom. The van der Waals surface area contributed by atoms with E-state index < -0.39 is 0 Å². The summed E-state index contributed by atoms with van der Waals surface area (Å²) in [6, 6.07) is 11.6. The lowest BCUT2D eigenvalue weighted by Crippen LogP contribution is -2.49. The van der Waals surface area contributed by atoms with E-state index >= 15 is 0 Å². The number of fused-ring (bicyclic) bond motifs is 1. The maximum Gasteiger partial charge on any atom is 0.259 e. The predicted molar refractivity (Wildman–Crippen MR) is 117 cm³/mol. The highest BCUT2D eigenvalue weighted by molar-refractivity contribution is 5.98. The number of benzene rings is 1. The molecule has 8 nitrogen and oxygen atoms in total. The largest absolute Gasteiger partial charge is 0.490 e. The summed E-state index contributed by atoms with van der Waals surface area (Å²) in [4.78, 5) is 30.5. The number of anilines is 1. The number of hydrogen-bond donors (Lipinski definition) is 0. The number of piperazine rings is 1. The van der Waals surface area contributed by atoms with Crippen LogP contribution in [0.5, 0.6) is 5.75 Å². The third kappa shape index (κ3) is 4.75. The van der Waals surface area contributed by atoms with Crippen molar-refractivity contribution in [1.29, 1.82) is 0 Å². The lowest BCUT2D eigenvalue weighted by Gasteiger charge is -2.36. The van der Waals surface area contributed by atoms with Gasteiger partial charge in [0.05, 0.1) is 19.8 Å². The van der Waals surface area contributed by atoms with Crippen molar-refractivity contribution in [3.63, 3.8) is 0 Å². The molecule has 1 amide bonds. The van der Waals surface area contributed by atoms with Crippen LogP contribution >= 0.6 is 0 Å². The molecule has 0 aliphatic carbocycles. The third-order valence-electron chi connectivity index (χ3n) is 5.77. The normalized spacial score (nSPS) is 16.5. The molecule has 0 bridgehead atoms. The summed E-state index contributed by atoms with van der Waals surface area (Å²) in [5.41, 5.74) is 2.18. The molecule has 3 heterocycles. The van der Waals surface area contributed by atoms with Gasteiger partial charge < -0.3 is 28.6 Å². The van der Waals surface area contributed by atoms with Gasteiger partial charge in [-0.2, -0.15) is 0 Å². The molecule has 1 aromatic carbocycles. The molecule has 0 radical (unpaired) electrons. The minimum Gasteiger partial charge on any atom is -0.490 e. The number of amides is 1. The van der Waals surface area contributed by atoms with E-state index in [4.69, 9.17) is 14.2 Å². The topological polar surface area (TPSA) is 73.2 Å². The summed E-state index contributed by atoms with van der Waals surface area (Å²) in [5.74, 6) is 0.247. The molecule has 0 atom stereocenters. The van der Waals surface area contributed by atoms with Gasteiger partial charge in [-0.05, 0) is 12.1 Å². The van der Waals surface area contributed by atoms with Gasteiger partial charge in [-0.1, -0.05) is 18.2 Å². The van der Waals surface area contributed by atoms with Crippen molar-refractivity contribution in [2.75, 3.05) is 64.6 Å². The molecule has 0 saturated carbocycles. The van der Waals surface area contributed by atoms with Crippen LogP contribution in [-0.2, 0) is 22.4 Å². The van der Waals surface area contributed by atoms with Crippen molar-refractivity contribution in [3.05, 3.63) is 58.0 Å². The number of para-hydroxylation sites is 1. The number of nitrogens with zero attached hydrogens (tertiary/aromatic N) is 3. The fourth-order valence-electron chi connectivity index (χ4n) is 4.15. The summed E-state index contributed by atoms with van der Waals surface area (Å²) in [7, 11) is 1.59. The molecular weight excluding hydrogens is 398 g/mol. The first-order valence-corrected chi connectivity index (χ1v) is 10.7. The Labute approximate surface area is 181 Å². The average Bonchev–Trinajstić information content (AvgIpc) is 3.06. The second-order valence-electron chi connectivity index (χ2n) is 7.64. The smallest absolute Gasteiger partial charge is 0.259 e. The second kappa shape index (κ2) is 9.98. The zero-order chi connectivity index (χ0) is 21.6. The van der Waals surface area contributed by atoms with Gasteiger partial charge in [-0.3, -0.25) is 9.59 Å². The molecule has 0 N–H and O–H groups in total. The molecule has 1 saturated heterocycles. The van der Waals surface area contributed by atoms with E-state index in [-0.39, 0.29) is 18.1 Å². The Hall–Kier alpha value is -2.84. The Bertz CT molecular complexity index is 952. The van der Waals surface area contributed by atoms with E-state index in [1.54, 1.807) is 11.7 Å². The average molecular weight is 428 g/mol. The van der Waals surface area contributed by atoms with E-state index in [1.807, 2.05) is 23.1 Å². The molecule has 2 aliphatic heterocycles. The summed E-state index contributed by atoms with van der Waals surface area (Å²) in [5, 5.41) is 0. The zero-order valence-corrected chi connectivity index (χ0v) is 17.9. The van der Waals surface area contributed by atoms with Crippen LogP contribution in [0.1, 0.15) is 16.1 Å². The molecule has 2 aromatic rings. The van der Waals surface area contributed by atoms with Crippen LogP contribution in [0.25, 0.3) is 0 Å². The van der Waals surface area contributed by atoms with Crippen LogP contribution < -0.4 is 15.2 Å². The Kier molecular flexibility index (Phi) is 6.89. The van der Waals surface area contributed by atoms with Crippen molar-refractivity contribution < 1.29 is 19.0 Å². The second-order valence-corrected chi connectivity index (χ2v) is 7.64. The van der Waals surface area contributed by atoms with Gasteiger partial charge in [-0.25, -0.2) is 0 Å². The standard InChI is InChI=1S/C23H29N3O5/c1-29-15-16-31-20-17-21(27)26-12-14-30-13-7-19(26)22(20)23(28)25-10-8-24(9-11-25)18-5-3-2-4-6-18/h2-6,17H,7-16H2,1H3. The molecule has 0 spiro atoms. The molecule has 1 fully saturated rings. The predicted octanol–water partition coefficient (Wildman–Crippen LogP) is 1.41.